The summed E-state index contributed by atoms with van der Waals surface area (Å²) in [5.74, 6) is 2.03. The van der Waals surface area contributed by atoms with Gasteiger partial charge < -0.3 is 14.5 Å². The highest BCUT2D eigenvalue weighted by Crippen LogP contribution is 2.30. The van der Waals surface area contributed by atoms with Crippen LogP contribution in [0.25, 0.3) is 0 Å². The van der Waals surface area contributed by atoms with E-state index < -0.39 is 0 Å². The van der Waals surface area contributed by atoms with Crippen LogP contribution in [0.2, 0.25) is 0 Å². The smallest absolute Gasteiger partial charge is 0.123 e. The maximum atomic E-state index is 5.94. The molecule has 2 heterocycles. The van der Waals surface area contributed by atoms with E-state index in [1.54, 1.807) is 6.26 Å². The molecule has 1 N–H and O–H groups in total. The summed E-state index contributed by atoms with van der Waals surface area (Å²) in [7, 11) is 0. The molecule has 1 aliphatic rings. The molecular formula is C16H18BrNO2. The van der Waals surface area contributed by atoms with Gasteiger partial charge in [0.2, 0.25) is 0 Å². The molecule has 106 valence electrons. The molecule has 0 aliphatic carbocycles. The Balaban J connectivity index is 1.48. The summed E-state index contributed by atoms with van der Waals surface area (Å²) in [5.41, 5.74) is 1.28. The number of fused-ring (bicyclic) bond motifs is 1. The first kappa shape index (κ1) is 13.7. The molecule has 0 fully saturated rings. The van der Waals surface area contributed by atoms with Crippen LogP contribution >= 0.6 is 15.9 Å². The van der Waals surface area contributed by atoms with Crippen LogP contribution in [0.15, 0.2) is 45.5 Å². The summed E-state index contributed by atoms with van der Waals surface area (Å²) in [6, 6.07) is 10.5. The molecule has 2 aromatic rings. The van der Waals surface area contributed by atoms with Crippen molar-refractivity contribution in [2.75, 3.05) is 6.54 Å². The first-order chi connectivity index (χ1) is 9.70. The number of nitrogens with one attached hydrogen (secondary N) is 1. The van der Waals surface area contributed by atoms with Crippen molar-refractivity contribution in [2.45, 2.75) is 31.9 Å². The summed E-state index contributed by atoms with van der Waals surface area (Å²) in [5, 5.41) is 3.52. The van der Waals surface area contributed by atoms with Crippen LogP contribution < -0.4 is 10.1 Å². The molecule has 3 nitrogen and oxygen atoms in total. The molecule has 20 heavy (non-hydrogen) atoms. The van der Waals surface area contributed by atoms with Crippen LogP contribution in [0.1, 0.15) is 18.2 Å². The number of hydrogen-bond donors (Lipinski definition) is 1. The fraction of sp³-hybridized carbons (Fsp3) is 0.375. The highest BCUT2D eigenvalue weighted by Gasteiger charge is 2.23. The number of halogens is 1. The van der Waals surface area contributed by atoms with Crippen molar-refractivity contribution in [3.05, 3.63) is 52.4 Å². The van der Waals surface area contributed by atoms with Gasteiger partial charge in [-0.05, 0) is 42.8 Å². The maximum Gasteiger partial charge on any atom is 0.123 e. The third-order valence-corrected chi connectivity index (χ3v) is 4.04. The quantitative estimate of drug-likeness (QED) is 0.907. The lowest BCUT2D eigenvalue weighted by atomic mass is 10.1. The van der Waals surface area contributed by atoms with Crippen molar-refractivity contribution < 1.29 is 9.15 Å². The second-order valence-electron chi connectivity index (χ2n) is 5.29. The van der Waals surface area contributed by atoms with E-state index in [1.165, 1.54) is 5.56 Å². The van der Waals surface area contributed by atoms with Gasteiger partial charge in [0.05, 0.1) is 6.26 Å². The van der Waals surface area contributed by atoms with Gasteiger partial charge in [-0.1, -0.05) is 15.9 Å². The van der Waals surface area contributed by atoms with E-state index in [4.69, 9.17) is 9.15 Å². The molecule has 0 radical (unpaired) electrons. The molecule has 0 spiro atoms. The van der Waals surface area contributed by atoms with Gasteiger partial charge in [-0.2, -0.15) is 0 Å². The van der Waals surface area contributed by atoms with E-state index in [1.807, 2.05) is 24.3 Å². The van der Waals surface area contributed by atoms with Gasteiger partial charge in [0.15, 0.2) is 0 Å². The molecule has 1 aliphatic heterocycles. The second-order valence-corrected chi connectivity index (χ2v) is 6.20. The Hall–Kier alpha value is -1.26. The second kappa shape index (κ2) is 6.02. The van der Waals surface area contributed by atoms with Gasteiger partial charge in [-0.25, -0.2) is 0 Å². The number of ether oxygens (including phenoxy) is 1. The number of rotatable bonds is 5. The lowest BCUT2D eigenvalue weighted by molar-refractivity contribution is 0.221. The van der Waals surface area contributed by atoms with Crippen molar-refractivity contribution in [2.24, 2.45) is 0 Å². The van der Waals surface area contributed by atoms with Crippen LogP contribution in [0.5, 0.6) is 5.75 Å². The number of benzene rings is 1. The van der Waals surface area contributed by atoms with Gasteiger partial charge >= 0.3 is 0 Å². The van der Waals surface area contributed by atoms with Gasteiger partial charge in [-0.3, -0.25) is 0 Å². The SMILES string of the molecule is CC(Cc1ccco1)NCC1Cc2cc(Br)ccc2O1. The van der Waals surface area contributed by atoms with E-state index in [0.29, 0.717) is 6.04 Å². The fourth-order valence-electron chi connectivity index (χ4n) is 2.54. The lowest BCUT2D eigenvalue weighted by Crippen LogP contribution is -2.36. The minimum Gasteiger partial charge on any atom is -0.488 e. The first-order valence-corrected chi connectivity index (χ1v) is 7.71. The molecule has 1 aromatic carbocycles. The third-order valence-electron chi connectivity index (χ3n) is 3.55. The molecule has 4 heteroatoms. The lowest BCUT2D eigenvalue weighted by Gasteiger charge is -2.16. The normalized spacial score (nSPS) is 18.6. The summed E-state index contributed by atoms with van der Waals surface area (Å²) < 4.78 is 12.4. The largest absolute Gasteiger partial charge is 0.488 e. The zero-order valence-electron chi connectivity index (χ0n) is 11.4. The molecule has 0 saturated carbocycles. The van der Waals surface area contributed by atoms with E-state index >= 15 is 0 Å². The highest BCUT2D eigenvalue weighted by molar-refractivity contribution is 9.10. The van der Waals surface area contributed by atoms with Crippen molar-refractivity contribution in [1.29, 1.82) is 0 Å². The summed E-state index contributed by atoms with van der Waals surface area (Å²) >= 11 is 3.50. The monoisotopic (exact) mass is 335 g/mol. The van der Waals surface area contributed by atoms with Crippen LogP contribution in [0.3, 0.4) is 0 Å². The van der Waals surface area contributed by atoms with E-state index in [2.05, 4.69) is 34.2 Å². The van der Waals surface area contributed by atoms with Crippen LogP contribution in [0, 0.1) is 0 Å². The summed E-state index contributed by atoms with van der Waals surface area (Å²) in [6.07, 6.45) is 3.81. The Bertz CT molecular complexity index is 568. The van der Waals surface area contributed by atoms with Gasteiger partial charge in [-0.15, -0.1) is 0 Å². The predicted molar refractivity (Wildman–Crippen MR) is 82.1 cm³/mol. The maximum absolute atomic E-state index is 5.94. The molecule has 2 unspecified atom stereocenters. The average Bonchev–Trinajstić information content (AvgIpc) is 3.04. The number of furan rings is 1. The Morgan fingerprint density at radius 2 is 2.30 bits per heavy atom. The standard InChI is InChI=1S/C16H18BrNO2/c1-11(7-14-3-2-6-19-14)18-10-15-9-12-8-13(17)4-5-16(12)20-15/h2-6,8,11,15,18H,7,9-10H2,1H3. The third kappa shape index (κ3) is 3.25. The van der Waals surface area contributed by atoms with Crippen LogP contribution in [-0.4, -0.2) is 18.7 Å². The zero-order valence-corrected chi connectivity index (χ0v) is 13.0. The molecular weight excluding hydrogens is 318 g/mol. The first-order valence-electron chi connectivity index (χ1n) is 6.91. The highest BCUT2D eigenvalue weighted by atomic mass is 79.9. The molecule has 0 amide bonds. The summed E-state index contributed by atoms with van der Waals surface area (Å²) in [4.78, 5) is 0. The Labute approximate surface area is 127 Å². The minimum atomic E-state index is 0.221. The van der Waals surface area contributed by atoms with Crippen molar-refractivity contribution in [3.8, 4) is 5.75 Å². The Morgan fingerprint density at radius 1 is 1.40 bits per heavy atom. The topological polar surface area (TPSA) is 34.4 Å². The Morgan fingerprint density at radius 3 is 3.10 bits per heavy atom. The van der Waals surface area contributed by atoms with Crippen LogP contribution in [-0.2, 0) is 12.8 Å². The van der Waals surface area contributed by atoms with Crippen molar-refractivity contribution >= 4 is 15.9 Å². The van der Waals surface area contributed by atoms with Gasteiger partial charge in [0, 0.05) is 29.9 Å². The van der Waals surface area contributed by atoms with Crippen LogP contribution in [0.4, 0.5) is 0 Å². The molecule has 0 bridgehead atoms. The van der Waals surface area contributed by atoms with Crippen molar-refractivity contribution in [1.82, 2.24) is 5.32 Å². The molecule has 3 rings (SSSR count). The van der Waals surface area contributed by atoms with Crippen molar-refractivity contribution in [3.63, 3.8) is 0 Å². The predicted octanol–water partition coefficient (Wildman–Crippen LogP) is 3.57. The average molecular weight is 336 g/mol. The molecule has 2 atom stereocenters. The van der Waals surface area contributed by atoms with E-state index in [9.17, 15) is 0 Å². The van der Waals surface area contributed by atoms with E-state index in [-0.39, 0.29) is 6.10 Å². The van der Waals surface area contributed by atoms with E-state index in [0.717, 1.165) is 35.4 Å². The van der Waals surface area contributed by atoms with Gasteiger partial charge in [0.1, 0.15) is 17.6 Å². The summed E-state index contributed by atoms with van der Waals surface area (Å²) in [6.45, 7) is 3.02. The molecule has 0 saturated heterocycles. The molecule has 1 aromatic heterocycles. The fourth-order valence-corrected chi connectivity index (χ4v) is 2.95. The minimum absolute atomic E-state index is 0.221. The van der Waals surface area contributed by atoms with Gasteiger partial charge in [0.25, 0.3) is 0 Å². The Kier molecular flexibility index (Phi) is 4.13. The number of hydrogen-bond acceptors (Lipinski definition) is 3. The zero-order chi connectivity index (χ0) is 13.9.